The lowest BCUT2D eigenvalue weighted by Crippen LogP contribution is -2.59. The highest BCUT2D eigenvalue weighted by atomic mass is 16.3. The fourth-order valence-corrected chi connectivity index (χ4v) is 5.34. The summed E-state index contributed by atoms with van der Waals surface area (Å²) in [5, 5.41) is 34.1. The van der Waals surface area contributed by atoms with Crippen LogP contribution in [-0.4, -0.2) is 63.6 Å². The Kier molecular flexibility index (Phi) is 4.45. The maximum Gasteiger partial charge on any atom is 0.228 e. The number of hydrogen-bond donors (Lipinski definition) is 4. The van der Waals surface area contributed by atoms with E-state index in [9.17, 15) is 20.1 Å². The zero-order valence-electron chi connectivity index (χ0n) is 15.1. The monoisotopic (exact) mass is 360 g/mol. The Morgan fingerprint density at radius 3 is 2.77 bits per heavy atom. The number of hydrogen-bond acceptors (Lipinski definition) is 5. The van der Waals surface area contributed by atoms with Crippen LogP contribution in [0.1, 0.15) is 25.3 Å². The van der Waals surface area contributed by atoms with Crippen molar-refractivity contribution >= 4 is 11.6 Å². The zero-order valence-corrected chi connectivity index (χ0v) is 15.1. The van der Waals surface area contributed by atoms with E-state index in [0.717, 1.165) is 12.1 Å². The Morgan fingerprint density at radius 2 is 2.08 bits per heavy atom. The second-order valence-corrected chi connectivity index (χ2v) is 8.10. The first kappa shape index (κ1) is 17.8. The minimum absolute atomic E-state index is 0.0155. The number of rotatable bonds is 4. The molecule has 0 aliphatic carbocycles. The average molecular weight is 360 g/mol. The molecule has 0 radical (unpaired) electrons. The minimum atomic E-state index is -1.33. The summed E-state index contributed by atoms with van der Waals surface area (Å²) in [5.41, 5.74) is 1.06. The number of carbonyl (C=O) groups is 1. The van der Waals surface area contributed by atoms with Gasteiger partial charge in [-0.05, 0) is 30.9 Å². The van der Waals surface area contributed by atoms with E-state index < -0.39 is 24.0 Å². The van der Waals surface area contributed by atoms with Crippen molar-refractivity contribution in [2.75, 3.05) is 25.1 Å². The van der Waals surface area contributed by atoms with Gasteiger partial charge < -0.3 is 25.5 Å². The zero-order chi connectivity index (χ0) is 18.5. The summed E-state index contributed by atoms with van der Waals surface area (Å²) in [7, 11) is 0. The molecule has 6 heteroatoms. The summed E-state index contributed by atoms with van der Waals surface area (Å²) in [5.74, 6) is -0.838. The van der Waals surface area contributed by atoms with E-state index in [-0.39, 0.29) is 24.6 Å². The van der Waals surface area contributed by atoms with Gasteiger partial charge in [-0.2, -0.15) is 0 Å². The molecule has 3 heterocycles. The summed E-state index contributed by atoms with van der Waals surface area (Å²) in [6.45, 7) is 1.81. The van der Waals surface area contributed by atoms with Crippen LogP contribution < -0.4 is 5.32 Å². The van der Waals surface area contributed by atoms with Crippen molar-refractivity contribution < 1.29 is 20.1 Å². The fraction of sp³-hybridized carbons (Fsp3) is 0.650. The molecular formula is C20H28N2O4. The fourth-order valence-electron chi connectivity index (χ4n) is 5.34. The SMILES string of the molecule is CC[C@@](O)(CO)C1CC2C3Nc4ccccc4CC3CN2C(=O)C1CO. The number of aliphatic hydroxyl groups is 3. The number of piperidine rings is 1. The van der Waals surface area contributed by atoms with E-state index in [1.54, 1.807) is 0 Å². The predicted octanol–water partition coefficient (Wildman–Crippen LogP) is 0.612. The van der Waals surface area contributed by atoms with Gasteiger partial charge in [0.2, 0.25) is 5.91 Å². The summed E-state index contributed by atoms with van der Waals surface area (Å²) < 4.78 is 0. The summed E-state index contributed by atoms with van der Waals surface area (Å²) in [4.78, 5) is 15.0. The predicted molar refractivity (Wildman–Crippen MR) is 97.6 cm³/mol. The molecule has 1 amide bonds. The third kappa shape index (κ3) is 2.54. The van der Waals surface area contributed by atoms with Crippen LogP contribution in [0.2, 0.25) is 0 Å². The molecule has 0 saturated carbocycles. The maximum atomic E-state index is 13.1. The number of fused-ring (bicyclic) bond motifs is 4. The van der Waals surface area contributed by atoms with E-state index in [4.69, 9.17) is 0 Å². The number of nitrogens with one attached hydrogen (secondary N) is 1. The first-order valence-corrected chi connectivity index (χ1v) is 9.61. The van der Waals surface area contributed by atoms with E-state index in [2.05, 4.69) is 17.4 Å². The van der Waals surface area contributed by atoms with Crippen molar-refractivity contribution in [2.24, 2.45) is 17.8 Å². The Hall–Kier alpha value is -1.63. The molecule has 6 nitrogen and oxygen atoms in total. The van der Waals surface area contributed by atoms with Gasteiger partial charge in [0.05, 0.1) is 36.8 Å². The van der Waals surface area contributed by atoms with Crippen LogP contribution in [0.4, 0.5) is 5.69 Å². The molecule has 0 spiro atoms. The highest BCUT2D eigenvalue weighted by molar-refractivity contribution is 5.81. The highest BCUT2D eigenvalue weighted by Crippen LogP contribution is 2.45. The maximum absolute atomic E-state index is 13.1. The highest BCUT2D eigenvalue weighted by Gasteiger charge is 2.56. The molecule has 1 aromatic rings. The van der Waals surface area contributed by atoms with Gasteiger partial charge in [-0.1, -0.05) is 25.1 Å². The molecule has 3 aliphatic heterocycles. The molecule has 2 saturated heterocycles. The van der Waals surface area contributed by atoms with Crippen molar-refractivity contribution in [3.05, 3.63) is 29.8 Å². The first-order valence-electron chi connectivity index (χ1n) is 9.61. The molecule has 4 rings (SSSR count). The molecule has 0 bridgehead atoms. The quantitative estimate of drug-likeness (QED) is 0.631. The molecule has 3 aliphatic rings. The smallest absolute Gasteiger partial charge is 0.228 e. The van der Waals surface area contributed by atoms with Gasteiger partial charge >= 0.3 is 0 Å². The average Bonchev–Trinajstić information content (AvgIpc) is 3.03. The number of aliphatic hydroxyl groups excluding tert-OH is 2. The van der Waals surface area contributed by atoms with Gasteiger partial charge in [-0.3, -0.25) is 4.79 Å². The largest absolute Gasteiger partial charge is 0.396 e. The second kappa shape index (κ2) is 6.51. The van der Waals surface area contributed by atoms with Crippen molar-refractivity contribution in [1.82, 2.24) is 4.90 Å². The van der Waals surface area contributed by atoms with Gasteiger partial charge in [0.1, 0.15) is 0 Å². The van der Waals surface area contributed by atoms with Crippen molar-refractivity contribution in [3.8, 4) is 0 Å². The van der Waals surface area contributed by atoms with Crippen LogP contribution >= 0.6 is 0 Å². The van der Waals surface area contributed by atoms with Gasteiger partial charge in [-0.25, -0.2) is 0 Å². The minimum Gasteiger partial charge on any atom is -0.396 e. The molecule has 1 aromatic carbocycles. The van der Waals surface area contributed by atoms with Crippen LogP contribution in [0.25, 0.3) is 0 Å². The normalized spacial score (nSPS) is 35.2. The number of carbonyl (C=O) groups excluding carboxylic acids is 1. The lowest BCUT2D eigenvalue weighted by Gasteiger charge is -2.47. The lowest BCUT2D eigenvalue weighted by atomic mass is 9.69. The Bertz CT molecular complexity index is 690. The number of nitrogens with zero attached hydrogens (tertiary/aromatic N) is 1. The second-order valence-electron chi connectivity index (χ2n) is 8.10. The van der Waals surface area contributed by atoms with E-state index in [1.807, 2.05) is 24.0 Å². The van der Waals surface area contributed by atoms with Gasteiger partial charge in [0, 0.05) is 24.1 Å². The number of benzene rings is 1. The van der Waals surface area contributed by atoms with Crippen LogP contribution in [0, 0.1) is 17.8 Å². The molecule has 0 aromatic heterocycles. The molecule has 4 N–H and O–H groups in total. The van der Waals surface area contributed by atoms with E-state index in [0.29, 0.717) is 25.3 Å². The van der Waals surface area contributed by atoms with E-state index >= 15 is 0 Å². The number of amides is 1. The number of para-hydroxylation sites is 1. The molecule has 2 fully saturated rings. The van der Waals surface area contributed by atoms with Crippen molar-refractivity contribution in [2.45, 2.75) is 43.9 Å². The third-order valence-electron chi connectivity index (χ3n) is 6.93. The molecular weight excluding hydrogens is 332 g/mol. The standard InChI is InChI=1S/C20H28N2O4/c1-2-20(26,11-24)15-8-17-18-13(9-22(17)19(25)14(15)10-23)7-12-5-3-4-6-16(12)21-18/h3-6,13-15,17-18,21,23-24,26H,2,7-11H2,1H3/t13?,14?,15?,17?,18?,20-/m1/s1. The molecule has 6 atom stereocenters. The topological polar surface area (TPSA) is 93.0 Å². The van der Waals surface area contributed by atoms with Crippen LogP contribution in [-0.2, 0) is 11.2 Å². The Labute approximate surface area is 153 Å². The van der Waals surface area contributed by atoms with Crippen molar-refractivity contribution in [1.29, 1.82) is 0 Å². The third-order valence-corrected chi connectivity index (χ3v) is 6.93. The summed E-state index contributed by atoms with van der Waals surface area (Å²) >= 11 is 0. The van der Waals surface area contributed by atoms with Crippen LogP contribution in [0.3, 0.4) is 0 Å². The van der Waals surface area contributed by atoms with Gasteiger partial charge in [0.15, 0.2) is 0 Å². The Balaban J connectivity index is 1.65. The van der Waals surface area contributed by atoms with Gasteiger partial charge in [0.25, 0.3) is 0 Å². The first-order chi connectivity index (χ1) is 12.5. The lowest BCUT2D eigenvalue weighted by molar-refractivity contribution is -0.160. The van der Waals surface area contributed by atoms with Crippen LogP contribution in [0.15, 0.2) is 24.3 Å². The molecule has 26 heavy (non-hydrogen) atoms. The van der Waals surface area contributed by atoms with Gasteiger partial charge in [-0.15, -0.1) is 0 Å². The summed E-state index contributed by atoms with van der Waals surface area (Å²) in [6, 6.07) is 8.38. The van der Waals surface area contributed by atoms with Crippen LogP contribution in [0.5, 0.6) is 0 Å². The van der Waals surface area contributed by atoms with E-state index in [1.165, 1.54) is 5.56 Å². The summed E-state index contributed by atoms with van der Waals surface area (Å²) in [6.07, 6.45) is 1.88. The molecule has 142 valence electrons. The molecule has 5 unspecified atom stereocenters. The number of anilines is 1. The van der Waals surface area contributed by atoms with Crippen molar-refractivity contribution in [3.63, 3.8) is 0 Å². The Morgan fingerprint density at radius 1 is 1.31 bits per heavy atom.